The van der Waals surface area contributed by atoms with Crippen LogP contribution in [-0.2, 0) is 0 Å². The van der Waals surface area contributed by atoms with E-state index in [4.69, 9.17) is 11.6 Å². The highest BCUT2D eigenvalue weighted by atomic mass is 35.5. The number of benzene rings is 2. The van der Waals surface area contributed by atoms with Crippen molar-refractivity contribution in [1.82, 2.24) is 4.90 Å². The van der Waals surface area contributed by atoms with Crippen LogP contribution in [0, 0.1) is 0 Å². The zero-order valence-corrected chi connectivity index (χ0v) is 17.2. The standard InChI is InChI=1S/C22H20ClN3O2S/c23-17-7-2-4-9-19(17)25-11-13-26(14-12-25)22(28)16-6-1-3-8-18(16)24-21(27)20-10-5-15-29-20/h1-10,15H,11-14H2,(H,24,27). The van der Waals surface area contributed by atoms with Gasteiger partial charge in [-0.1, -0.05) is 41.9 Å². The molecule has 1 aromatic heterocycles. The Morgan fingerprint density at radius 2 is 1.62 bits per heavy atom. The van der Waals surface area contributed by atoms with E-state index in [9.17, 15) is 9.59 Å². The number of rotatable bonds is 4. The molecule has 4 rings (SSSR count). The van der Waals surface area contributed by atoms with Crippen LogP contribution >= 0.6 is 22.9 Å². The normalized spacial score (nSPS) is 14.0. The molecule has 1 aliphatic rings. The van der Waals surface area contributed by atoms with Gasteiger partial charge in [0.25, 0.3) is 11.8 Å². The highest BCUT2D eigenvalue weighted by molar-refractivity contribution is 7.12. The summed E-state index contributed by atoms with van der Waals surface area (Å²) < 4.78 is 0. The van der Waals surface area contributed by atoms with Crippen molar-refractivity contribution in [3.8, 4) is 0 Å². The molecule has 29 heavy (non-hydrogen) atoms. The molecule has 1 aliphatic heterocycles. The first-order chi connectivity index (χ1) is 14.1. The molecule has 0 saturated carbocycles. The van der Waals surface area contributed by atoms with Gasteiger partial charge in [0.2, 0.25) is 0 Å². The Morgan fingerprint density at radius 3 is 2.34 bits per heavy atom. The van der Waals surface area contributed by atoms with Crippen LogP contribution in [0.2, 0.25) is 5.02 Å². The lowest BCUT2D eigenvalue weighted by Crippen LogP contribution is -2.49. The number of nitrogens with one attached hydrogen (secondary N) is 1. The summed E-state index contributed by atoms with van der Waals surface area (Å²) in [6.07, 6.45) is 0. The quantitative estimate of drug-likeness (QED) is 0.663. The summed E-state index contributed by atoms with van der Waals surface area (Å²) in [5.74, 6) is -0.283. The Labute approximate surface area is 178 Å². The molecule has 0 bridgehead atoms. The van der Waals surface area contributed by atoms with Crippen LogP contribution in [0.25, 0.3) is 0 Å². The number of hydrogen-bond acceptors (Lipinski definition) is 4. The van der Waals surface area contributed by atoms with E-state index in [1.165, 1.54) is 11.3 Å². The SMILES string of the molecule is O=C(Nc1ccccc1C(=O)N1CCN(c2ccccc2Cl)CC1)c1cccs1. The van der Waals surface area contributed by atoms with Crippen molar-refractivity contribution in [3.63, 3.8) is 0 Å². The molecular formula is C22H20ClN3O2S. The Morgan fingerprint density at radius 1 is 0.897 bits per heavy atom. The Hall–Kier alpha value is -2.83. The molecule has 0 radical (unpaired) electrons. The van der Waals surface area contributed by atoms with Gasteiger partial charge >= 0.3 is 0 Å². The number of hydrogen-bond donors (Lipinski definition) is 1. The van der Waals surface area contributed by atoms with Crippen molar-refractivity contribution in [3.05, 3.63) is 81.5 Å². The molecular weight excluding hydrogens is 406 g/mol. The lowest BCUT2D eigenvalue weighted by atomic mass is 10.1. The van der Waals surface area contributed by atoms with Gasteiger partial charge in [-0.15, -0.1) is 11.3 Å². The predicted molar refractivity (Wildman–Crippen MR) is 118 cm³/mol. The lowest BCUT2D eigenvalue weighted by Gasteiger charge is -2.36. The molecule has 1 fully saturated rings. The summed E-state index contributed by atoms with van der Waals surface area (Å²) >= 11 is 7.67. The Bertz CT molecular complexity index is 1010. The van der Waals surface area contributed by atoms with Gasteiger partial charge < -0.3 is 15.1 Å². The first kappa shape index (κ1) is 19.5. The van der Waals surface area contributed by atoms with E-state index < -0.39 is 0 Å². The van der Waals surface area contributed by atoms with Crippen molar-refractivity contribution >= 4 is 46.1 Å². The first-order valence-electron chi connectivity index (χ1n) is 9.36. The molecule has 5 nitrogen and oxygen atoms in total. The molecule has 2 aromatic carbocycles. The van der Waals surface area contributed by atoms with E-state index in [0.717, 1.165) is 5.69 Å². The third-order valence-electron chi connectivity index (χ3n) is 4.91. The van der Waals surface area contributed by atoms with Crippen molar-refractivity contribution in [2.45, 2.75) is 0 Å². The third-order valence-corrected chi connectivity index (χ3v) is 6.10. The van der Waals surface area contributed by atoms with Gasteiger partial charge in [0, 0.05) is 26.2 Å². The van der Waals surface area contributed by atoms with Crippen LogP contribution in [-0.4, -0.2) is 42.9 Å². The van der Waals surface area contributed by atoms with Crippen LogP contribution < -0.4 is 10.2 Å². The minimum atomic E-state index is -0.205. The van der Waals surface area contributed by atoms with Gasteiger partial charge in [-0.2, -0.15) is 0 Å². The molecule has 3 aromatic rings. The minimum absolute atomic E-state index is 0.0779. The maximum atomic E-state index is 13.1. The number of piperazine rings is 1. The molecule has 1 N–H and O–H groups in total. The van der Waals surface area contributed by atoms with E-state index in [-0.39, 0.29) is 11.8 Å². The van der Waals surface area contributed by atoms with E-state index in [2.05, 4.69) is 10.2 Å². The van der Waals surface area contributed by atoms with Gasteiger partial charge in [-0.05, 0) is 35.7 Å². The average Bonchev–Trinajstić information content (AvgIpc) is 3.29. The molecule has 0 aliphatic carbocycles. The number of amides is 2. The summed E-state index contributed by atoms with van der Waals surface area (Å²) in [4.78, 5) is 30.2. The summed E-state index contributed by atoms with van der Waals surface area (Å²) in [7, 11) is 0. The fourth-order valence-corrected chi connectivity index (χ4v) is 4.27. The summed E-state index contributed by atoms with van der Waals surface area (Å²) in [6, 6.07) is 18.5. The smallest absolute Gasteiger partial charge is 0.265 e. The predicted octanol–water partition coefficient (Wildman–Crippen LogP) is 4.62. The Kier molecular flexibility index (Phi) is 5.83. The molecule has 0 unspecified atom stereocenters. The highest BCUT2D eigenvalue weighted by Crippen LogP contribution is 2.27. The Balaban J connectivity index is 1.45. The second-order valence-electron chi connectivity index (χ2n) is 6.71. The maximum Gasteiger partial charge on any atom is 0.265 e. The van der Waals surface area contributed by atoms with E-state index in [1.54, 1.807) is 18.2 Å². The molecule has 2 heterocycles. The van der Waals surface area contributed by atoms with E-state index in [0.29, 0.717) is 47.3 Å². The van der Waals surface area contributed by atoms with Crippen LogP contribution in [0.3, 0.4) is 0 Å². The summed E-state index contributed by atoms with van der Waals surface area (Å²) in [6.45, 7) is 2.60. The fraction of sp³-hybridized carbons (Fsp3) is 0.182. The second kappa shape index (κ2) is 8.68. The lowest BCUT2D eigenvalue weighted by molar-refractivity contribution is 0.0748. The molecule has 0 spiro atoms. The number of para-hydroxylation sites is 2. The minimum Gasteiger partial charge on any atom is -0.367 e. The van der Waals surface area contributed by atoms with Crippen LogP contribution in [0.5, 0.6) is 0 Å². The molecule has 1 saturated heterocycles. The van der Waals surface area contributed by atoms with Crippen LogP contribution in [0.1, 0.15) is 20.0 Å². The number of nitrogens with zero attached hydrogens (tertiary/aromatic N) is 2. The molecule has 2 amide bonds. The van der Waals surface area contributed by atoms with E-state index in [1.807, 2.05) is 52.7 Å². The molecule has 0 atom stereocenters. The van der Waals surface area contributed by atoms with Gasteiger partial charge in [0.15, 0.2) is 0 Å². The molecule has 7 heteroatoms. The monoisotopic (exact) mass is 425 g/mol. The van der Waals surface area contributed by atoms with Gasteiger partial charge in [-0.3, -0.25) is 9.59 Å². The zero-order valence-electron chi connectivity index (χ0n) is 15.7. The second-order valence-corrected chi connectivity index (χ2v) is 8.06. The third kappa shape index (κ3) is 4.28. The topological polar surface area (TPSA) is 52.7 Å². The first-order valence-corrected chi connectivity index (χ1v) is 10.6. The number of carbonyl (C=O) groups excluding carboxylic acids is 2. The fourth-order valence-electron chi connectivity index (χ4n) is 3.40. The van der Waals surface area contributed by atoms with Crippen molar-refractivity contribution in [2.75, 3.05) is 36.4 Å². The average molecular weight is 426 g/mol. The number of halogens is 1. The summed E-state index contributed by atoms with van der Waals surface area (Å²) in [5.41, 5.74) is 2.03. The van der Waals surface area contributed by atoms with Crippen molar-refractivity contribution in [2.24, 2.45) is 0 Å². The number of carbonyl (C=O) groups is 2. The van der Waals surface area contributed by atoms with E-state index >= 15 is 0 Å². The van der Waals surface area contributed by atoms with Crippen LogP contribution in [0.15, 0.2) is 66.0 Å². The maximum absolute atomic E-state index is 13.1. The van der Waals surface area contributed by atoms with Crippen molar-refractivity contribution in [1.29, 1.82) is 0 Å². The number of anilines is 2. The van der Waals surface area contributed by atoms with Crippen LogP contribution in [0.4, 0.5) is 11.4 Å². The molecule has 148 valence electrons. The largest absolute Gasteiger partial charge is 0.367 e. The van der Waals surface area contributed by atoms with Gasteiger partial charge in [0.1, 0.15) is 0 Å². The number of thiophene rings is 1. The highest BCUT2D eigenvalue weighted by Gasteiger charge is 2.25. The van der Waals surface area contributed by atoms with Gasteiger partial charge in [-0.25, -0.2) is 0 Å². The zero-order chi connectivity index (χ0) is 20.2. The van der Waals surface area contributed by atoms with Gasteiger partial charge in [0.05, 0.1) is 26.8 Å². The van der Waals surface area contributed by atoms with Crippen molar-refractivity contribution < 1.29 is 9.59 Å². The summed E-state index contributed by atoms with van der Waals surface area (Å²) in [5, 5.41) is 5.44.